The number of hydrogen-bond donors (Lipinski definition) is 0. The molecule has 0 N–H and O–H groups in total. The van der Waals surface area contributed by atoms with E-state index in [1.165, 1.54) is 56.1 Å². The van der Waals surface area contributed by atoms with Crippen LogP contribution in [0, 0.1) is 10.8 Å². The summed E-state index contributed by atoms with van der Waals surface area (Å²) >= 11 is 0. The molecule has 4 aromatic carbocycles. The summed E-state index contributed by atoms with van der Waals surface area (Å²) in [4.78, 5) is 5.54. The minimum Gasteiger partial charge on any atom is -0.332 e. The summed E-state index contributed by atoms with van der Waals surface area (Å²) in [5.74, 6) is 1.49. The molecule has 2 fully saturated rings. The van der Waals surface area contributed by atoms with Gasteiger partial charge in [0.05, 0.1) is 11.4 Å². The van der Waals surface area contributed by atoms with Gasteiger partial charge in [-0.15, -0.1) is 0 Å². The van der Waals surface area contributed by atoms with Crippen molar-refractivity contribution in [1.82, 2.24) is 0 Å². The summed E-state index contributed by atoms with van der Waals surface area (Å²) in [5, 5.41) is 0. The van der Waals surface area contributed by atoms with Gasteiger partial charge in [-0.3, -0.25) is 0 Å². The van der Waals surface area contributed by atoms with E-state index in [1.54, 1.807) is 0 Å². The van der Waals surface area contributed by atoms with Gasteiger partial charge < -0.3 is 9.80 Å². The number of hydrogen-bond acceptors (Lipinski definition) is 2. The highest BCUT2D eigenvalue weighted by atomic mass is 15.3. The van der Waals surface area contributed by atoms with E-state index < -0.39 is 0 Å². The lowest BCUT2D eigenvalue weighted by Crippen LogP contribution is -2.38. The topological polar surface area (TPSA) is 6.48 Å². The number of anilines is 2. The Hall–Kier alpha value is -4.48. The molecule has 2 saturated heterocycles. The van der Waals surface area contributed by atoms with E-state index >= 15 is 0 Å². The smallest absolute Gasteiger partial charge is 0.0684 e. The Morgan fingerprint density at radius 3 is 0.952 bits per heavy atom. The maximum atomic E-state index is 4.46. The van der Waals surface area contributed by atoms with Crippen molar-refractivity contribution in [3.63, 3.8) is 0 Å². The molecule has 62 heavy (non-hydrogen) atoms. The summed E-state index contributed by atoms with van der Waals surface area (Å²) in [5.41, 5.74) is 24.1. The lowest BCUT2D eigenvalue weighted by atomic mass is 9.75. The Balaban J connectivity index is 1.92. The van der Waals surface area contributed by atoms with E-state index in [-0.39, 0.29) is 21.9 Å². The van der Waals surface area contributed by atoms with Gasteiger partial charge in [0, 0.05) is 44.4 Å². The van der Waals surface area contributed by atoms with Crippen LogP contribution in [0.25, 0.3) is 11.1 Å². The van der Waals surface area contributed by atoms with Crippen LogP contribution < -0.4 is 9.80 Å². The molecular weight excluding hydrogens is 749 g/mol. The highest BCUT2D eigenvalue weighted by molar-refractivity contribution is 6.05. The van der Waals surface area contributed by atoms with Crippen LogP contribution in [0.5, 0.6) is 0 Å². The minimum absolute atomic E-state index is 0.0723. The molecule has 0 aliphatic carbocycles. The van der Waals surface area contributed by atoms with Crippen molar-refractivity contribution in [3.05, 3.63) is 153 Å². The molecule has 2 heterocycles. The number of nitrogens with zero attached hydrogens (tertiary/aromatic N) is 2. The molecule has 4 aromatic rings. The lowest BCUT2D eigenvalue weighted by molar-refractivity contribution is 0.303. The Morgan fingerprint density at radius 2 is 0.710 bits per heavy atom. The second kappa shape index (κ2) is 18.3. The number of rotatable bonds is 13. The normalized spacial score (nSPS) is 17.7. The first-order valence-corrected chi connectivity index (χ1v) is 24.3. The second-order valence-electron chi connectivity index (χ2n) is 21.2. The van der Waals surface area contributed by atoms with E-state index in [1.807, 2.05) is 0 Å². The van der Waals surface area contributed by atoms with Gasteiger partial charge >= 0.3 is 0 Å². The third-order valence-corrected chi connectivity index (χ3v) is 14.9. The number of benzene rings is 4. The molecule has 6 rings (SSSR count). The van der Waals surface area contributed by atoms with Gasteiger partial charge in [-0.25, -0.2) is 0 Å². The first-order chi connectivity index (χ1) is 29.3. The molecular formula is C60H80N2. The standard InChI is InChI=1S/C60H80N2/c1-17-59(18-2)39-57(13,14)61(55-47(41(5)6)33-27-34-48(55)42(7)8)53(59)37-51(45-29-23-21-24-30-45)52(46-31-25-22-26-32-46)38-54-60(19-3,20-4)40-58(15,16)62(54)56-49(43(9)10)35-28-36-50(56)44(11)12/h21-36,41-44H,17-20,39-40H2,1-16H3. The minimum atomic E-state index is -0.139. The van der Waals surface area contributed by atoms with Crippen LogP contribution in [0.3, 0.4) is 0 Å². The van der Waals surface area contributed by atoms with Crippen molar-refractivity contribution in [2.75, 3.05) is 9.80 Å². The molecule has 330 valence electrons. The predicted molar refractivity (Wildman–Crippen MR) is 271 cm³/mol. The zero-order valence-electron chi connectivity index (χ0n) is 41.7. The summed E-state index contributed by atoms with van der Waals surface area (Å²) in [6.45, 7) is 38.5. The van der Waals surface area contributed by atoms with Gasteiger partial charge in [-0.1, -0.05) is 192 Å². The molecule has 2 nitrogen and oxygen atoms in total. The first-order valence-electron chi connectivity index (χ1n) is 24.3. The fraction of sp³-hybridized carbons (Fsp3) is 0.500. The van der Waals surface area contributed by atoms with Crippen molar-refractivity contribution in [2.24, 2.45) is 10.8 Å². The Morgan fingerprint density at radius 1 is 0.435 bits per heavy atom. The zero-order chi connectivity index (χ0) is 45.4. The Labute approximate surface area is 378 Å². The van der Waals surface area contributed by atoms with E-state index in [4.69, 9.17) is 0 Å². The van der Waals surface area contributed by atoms with Crippen LogP contribution in [0.15, 0.2) is 120 Å². The van der Waals surface area contributed by atoms with E-state index in [0.717, 1.165) is 49.7 Å². The monoisotopic (exact) mass is 829 g/mol. The predicted octanol–water partition coefficient (Wildman–Crippen LogP) is 17.6. The fourth-order valence-electron chi connectivity index (χ4n) is 11.5. The van der Waals surface area contributed by atoms with E-state index in [9.17, 15) is 0 Å². The average molecular weight is 829 g/mol. The highest BCUT2D eigenvalue weighted by Crippen LogP contribution is 2.59. The SMILES string of the molecule is CCC1(CC)CC(C)(C)N(c2c(C(C)C)cccc2C(C)C)C1=C=C(C(=C=C1N(c2c(C(C)C)cccc2C(C)C)C(C)(C)CC1(CC)CC)c1ccccc1)c1ccccc1. The quantitative estimate of drug-likeness (QED) is 0.0978. The van der Waals surface area contributed by atoms with E-state index in [0.29, 0.717) is 23.7 Å². The highest BCUT2D eigenvalue weighted by Gasteiger charge is 2.53. The molecule has 0 aromatic heterocycles. The molecule has 0 spiro atoms. The van der Waals surface area contributed by atoms with Crippen LogP contribution in [0.4, 0.5) is 11.4 Å². The number of para-hydroxylation sites is 2. The molecule has 2 heteroatoms. The molecule has 0 saturated carbocycles. The summed E-state index contributed by atoms with van der Waals surface area (Å²) in [6.07, 6.45) is 6.30. The van der Waals surface area contributed by atoms with E-state index in [2.05, 4.69) is 229 Å². The van der Waals surface area contributed by atoms with Crippen molar-refractivity contribution in [1.29, 1.82) is 0 Å². The summed E-state index contributed by atoms with van der Waals surface area (Å²) in [7, 11) is 0. The van der Waals surface area contributed by atoms with Crippen LogP contribution in [-0.4, -0.2) is 11.1 Å². The van der Waals surface area contributed by atoms with Crippen LogP contribution in [0.1, 0.15) is 206 Å². The second-order valence-corrected chi connectivity index (χ2v) is 21.2. The van der Waals surface area contributed by atoms with Gasteiger partial charge in [-0.05, 0) is 123 Å². The first kappa shape index (κ1) is 47.0. The Kier molecular flexibility index (Phi) is 13.9. The number of allylic oxidation sites excluding steroid dienone is 2. The molecule has 0 bridgehead atoms. The van der Waals surface area contributed by atoms with Crippen LogP contribution in [0.2, 0.25) is 0 Å². The van der Waals surface area contributed by atoms with Crippen molar-refractivity contribution < 1.29 is 0 Å². The van der Waals surface area contributed by atoms with Gasteiger partial charge in [0.15, 0.2) is 0 Å². The third kappa shape index (κ3) is 8.48. The fourth-order valence-corrected chi connectivity index (χ4v) is 11.5. The largest absolute Gasteiger partial charge is 0.332 e. The summed E-state index contributed by atoms with van der Waals surface area (Å²) < 4.78 is 0. The van der Waals surface area contributed by atoms with Gasteiger partial charge in [0.2, 0.25) is 0 Å². The lowest BCUT2D eigenvalue weighted by Gasteiger charge is -2.39. The molecule has 0 radical (unpaired) electrons. The maximum Gasteiger partial charge on any atom is 0.0684 e. The molecule has 2 aliphatic heterocycles. The molecule has 2 aliphatic rings. The zero-order valence-corrected chi connectivity index (χ0v) is 41.7. The average Bonchev–Trinajstić information content (AvgIpc) is 3.62. The van der Waals surface area contributed by atoms with Gasteiger partial charge in [0.1, 0.15) is 0 Å². The van der Waals surface area contributed by atoms with Gasteiger partial charge in [-0.2, -0.15) is 0 Å². The van der Waals surface area contributed by atoms with Crippen molar-refractivity contribution in [2.45, 2.75) is 184 Å². The van der Waals surface area contributed by atoms with Crippen molar-refractivity contribution >= 4 is 22.5 Å². The van der Waals surface area contributed by atoms with Crippen LogP contribution in [-0.2, 0) is 0 Å². The third-order valence-electron chi connectivity index (χ3n) is 14.9. The molecule has 0 atom stereocenters. The Bertz CT molecular complexity index is 2110. The van der Waals surface area contributed by atoms with Crippen molar-refractivity contribution in [3.8, 4) is 0 Å². The maximum absolute atomic E-state index is 4.46. The molecule has 0 unspecified atom stereocenters. The summed E-state index contributed by atoms with van der Waals surface area (Å²) in [6, 6.07) is 36.4. The molecule has 0 amide bonds. The van der Waals surface area contributed by atoms with Crippen LogP contribution >= 0.6 is 0 Å². The van der Waals surface area contributed by atoms with Gasteiger partial charge in [0.25, 0.3) is 0 Å².